The van der Waals surface area contributed by atoms with E-state index in [2.05, 4.69) is 4.98 Å². The predicted molar refractivity (Wildman–Crippen MR) is 98.2 cm³/mol. The molecule has 25 heavy (non-hydrogen) atoms. The van der Waals surface area contributed by atoms with Crippen LogP contribution in [0.4, 0.5) is 4.79 Å². The van der Waals surface area contributed by atoms with Crippen molar-refractivity contribution in [1.82, 2.24) is 9.88 Å². The molecule has 4 N–H and O–H groups in total. The van der Waals surface area contributed by atoms with Crippen molar-refractivity contribution >= 4 is 17.0 Å². The lowest BCUT2D eigenvalue weighted by molar-refractivity contribution is 0.0399. The molecule has 1 fully saturated rings. The number of hydrogen-bond acceptors (Lipinski definition) is 3. The normalized spacial score (nSPS) is 24.5. The van der Waals surface area contributed by atoms with Crippen LogP contribution >= 0.6 is 0 Å². The largest absolute Gasteiger partial charge is 0.497 e. The zero-order valence-corrected chi connectivity index (χ0v) is 15.2. The Hall–Kier alpha value is -2.21. The Balaban J connectivity index is 1.98. The van der Waals surface area contributed by atoms with Crippen molar-refractivity contribution in [3.8, 4) is 5.75 Å². The van der Waals surface area contributed by atoms with Gasteiger partial charge >= 0.3 is 6.09 Å². The summed E-state index contributed by atoms with van der Waals surface area (Å²) < 4.78 is 5.33. The molecule has 2 heterocycles. The first-order valence-electron chi connectivity index (χ1n) is 8.62. The van der Waals surface area contributed by atoms with Crippen molar-refractivity contribution in [2.45, 2.75) is 45.2 Å². The molecule has 1 aromatic carbocycles. The average molecular weight is 345 g/mol. The zero-order valence-electron chi connectivity index (χ0n) is 15.2. The first-order chi connectivity index (χ1) is 11.7. The van der Waals surface area contributed by atoms with Gasteiger partial charge in [-0.3, -0.25) is 0 Å². The number of hydrogen-bond donors (Lipinski definition) is 3. The summed E-state index contributed by atoms with van der Waals surface area (Å²) in [5.41, 5.74) is 8.37. The monoisotopic (exact) mass is 345 g/mol. The van der Waals surface area contributed by atoms with Crippen molar-refractivity contribution in [3.05, 3.63) is 30.0 Å². The van der Waals surface area contributed by atoms with Gasteiger partial charge in [-0.1, -0.05) is 20.8 Å². The molecular weight excluding hydrogens is 318 g/mol. The van der Waals surface area contributed by atoms with Crippen LogP contribution in [0.1, 0.15) is 38.7 Å². The molecule has 3 unspecified atom stereocenters. The van der Waals surface area contributed by atoms with Crippen LogP contribution in [0.25, 0.3) is 10.9 Å². The number of carboxylic acid groups (broad SMARTS) is 1. The molecule has 1 aliphatic heterocycles. The fourth-order valence-corrected chi connectivity index (χ4v) is 4.23. The van der Waals surface area contributed by atoms with Crippen molar-refractivity contribution in [3.63, 3.8) is 0 Å². The van der Waals surface area contributed by atoms with Gasteiger partial charge in [0.25, 0.3) is 0 Å². The van der Waals surface area contributed by atoms with Gasteiger partial charge in [0.05, 0.1) is 13.2 Å². The van der Waals surface area contributed by atoms with E-state index in [1.165, 1.54) is 4.90 Å². The Morgan fingerprint density at radius 3 is 2.72 bits per heavy atom. The van der Waals surface area contributed by atoms with Gasteiger partial charge in [0, 0.05) is 35.6 Å². The number of methoxy groups -OCH3 is 1. The Morgan fingerprint density at radius 1 is 1.40 bits per heavy atom. The minimum absolute atomic E-state index is 0.0607. The highest BCUT2D eigenvalue weighted by Crippen LogP contribution is 2.39. The fourth-order valence-electron chi connectivity index (χ4n) is 4.23. The van der Waals surface area contributed by atoms with Gasteiger partial charge in [-0.05, 0) is 35.6 Å². The van der Waals surface area contributed by atoms with Crippen LogP contribution < -0.4 is 10.5 Å². The second kappa shape index (κ2) is 6.26. The molecular formula is C19H27N3O3. The van der Waals surface area contributed by atoms with Gasteiger partial charge in [0.1, 0.15) is 5.75 Å². The molecule has 0 radical (unpaired) electrons. The summed E-state index contributed by atoms with van der Waals surface area (Å²) >= 11 is 0. The molecule has 1 amide bonds. The number of H-pyrrole nitrogens is 1. The summed E-state index contributed by atoms with van der Waals surface area (Å²) in [6.07, 6.45) is 1.83. The van der Waals surface area contributed by atoms with Crippen molar-refractivity contribution in [1.29, 1.82) is 0 Å². The molecule has 3 atom stereocenters. The van der Waals surface area contributed by atoms with Crippen LogP contribution in [-0.4, -0.2) is 46.8 Å². The first kappa shape index (κ1) is 17.6. The number of amides is 1. The van der Waals surface area contributed by atoms with Crippen LogP contribution in [0, 0.1) is 5.41 Å². The fraction of sp³-hybridized carbons (Fsp3) is 0.526. The number of likely N-dealkylation sites (tertiary alicyclic amines) is 1. The second-order valence-corrected chi connectivity index (χ2v) is 8.00. The van der Waals surface area contributed by atoms with E-state index < -0.39 is 6.09 Å². The smallest absolute Gasteiger partial charge is 0.407 e. The Labute approximate surface area is 147 Å². The number of rotatable bonds is 2. The molecule has 0 spiro atoms. The van der Waals surface area contributed by atoms with Crippen LogP contribution in [0.5, 0.6) is 5.75 Å². The highest BCUT2D eigenvalue weighted by atomic mass is 16.5. The van der Waals surface area contributed by atoms with Gasteiger partial charge < -0.3 is 25.5 Å². The van der Waals surface area contributed by atoms with Crippen molar-refractivity contribution in [2.75, 3.05) is 13.7 Å². The Kier molecular flexibility index (Phi) is 4.41. The van der Waals surface area contributed by atoms with Crippen LogP contribution in [-0.2, 0) is 0 Å². The number of nitrogens with zero attached hydrogens (tertiary/aromatic N) is 1. The third-order valence-electron chi connectivity index (χ3n) is 5.21. The lowest BCUT2D eigenvalue weighted by Crippen LogP contribution is -2.61. The highest BCUT2D eigenvalue weighted by molar-refractivity contribution is 5.85. The Bertz CT molecular complexity index is 778. The van der Waals surface area contributed by atoms with E-state index in [-0.39, 0.29) is 23.4 Å². The van der Waals surface area contributed by atoms with Crippen LogP contribution in [0.3, 0.4) is 0 Å². The average Bonchev–Trinajstić information content (AvgIpc) is 2.95. The number of aromatic amines is 1. The molecule has 3 rings (SSSR count). The van der Waals surface area contributed by atoms with Gasteiger partial charge in [-0.15, -0.1) is 0 Å². The molecule has 0 aliphatic carbocycles. The lowest BCUT2D eigenvalue weighted by atomic mass is 9.74. The SMILES string of the molecule is COc1ccc2[nH]cc(C3CC(N)C(C(C)(C)C)N(C(=O)O)C3)c2c1. The van der Waals surface area contributed by atoms with E-state index in [0.717, 1.165) is 28.6 Å². The molecule has 2 aromatic rings. The molecule has 6 heteroatoms. The summed E-state index contributed by atoms with van der Waals surface area (Å²) in [5, 5.41) is 10.8. The molecule has 1 aromatic heterocycles. The van der Waals surface area contributed by atoms with Crippen LogP contribution in [0.15, 0.2) is 24.4 Å². The maximum atomic E-state index is 11.9. The summed E-state index contributed by atoms with van der Waals surface area (Å²) in [6, 6.07) is 5.49. The number of nitrogens with one attached hydrogen (secondary N) is 1. The van der Waals surface area contributed by atoms with Gasteiger partial charge in [-0.2, -0.15) is 0 Å². The lowest BCUT2D eigenvalue weighted by Gasteiger charge is -2.48. The molecule has 1 aliphatic rings. The zero-order chi connectivity index (χ0) is 18.4. The minimum Gasteiger partial charge on any atom is -0.497 e. The topological polar surface area (TPSA) is 91.6 Å². The first-order valence-corrected chi connectivity index (χ1v) is 8.62. The number of benzene rings is 1. The minimum atomic E-state index is -0.905. The number of nitrogens with two attached hydrogens (primary N) is 1. The predicted octanol–water partition coefficient (Wildman–Crippen LogP) is 3.39. The van der Waals surface area contributed by atoms with E-state index >= 15 is 0 Å². The number of carbonyl (C=O) groups is 1. The third-order valence-corrected chi connectivity index (χ3v) is 5.21. The van der Waals surface area contributed by atoms with E-state index in [1.54, 1.807) is 7.11 Å². The van der Waals surface area contributed by atoms with Crippen LogP contribution in [0.2, 0.25) is 0 Å². The highest BCUT2D eigenvalue weighted by Gasteiger charge is 2.43. The summed E-state index contributed by atoms with van der Waals surface area (Å²) in [5.74, 6) is 0.849. The van der Waals surface area contributed by atoms with E-state index in [4.69, 9.17) is 10.5 Å². The maximum absolute atomic E-state index is 11.9. The standard InChI is InChI=1S/C19H27N3O3/c1-19(2,3)17-15(20)7-11(10-22(17)18(23)24)14-9-21-16-6-5-12(25-4)8-13(14)16/h5-6,8-9,11,15,17,21H,7,10,20H2,1-4H3,(H,23,24). The third kappa shape index (κ3) is 3.18. The summed E-state index contributed by atoms with van der Waals surface area (Å²) in [4.78, 5) is 16.7. The van der Waals surface area contributed by atoms with E-state index in [9.17, 15) is 9.90 Å². The number of piperidine rings is 1. The van der Waals surface area contributed by atoms with Crippen molar-refractivity contribution in [2.24, 2.45) is 11.1 Å². The summed E-state index contributed by atoms with van der Waals surface area (Å²) in [7, 11) is 1.64. The quantitative estimate of drug-likeness (QED) is 0.778. The van der Waals surface area contributed by atoms with Gasteiger partial charge in [0.2, 0.25) is 0 Å². The Morgan fingerprint density at radius 2 is 2.12 bits per heavy atom. The van der Waals surface area contributed by atoms with E-state index in [1.807, 2.05) is 45.2 Å². The second-order valence-electron chi connectivity index (χ2n) is 8.00. The van der Waals surface area contributed by atoms with E-state index in [0.29, 0.717) is 6.54 Å². The number of aromatic nitrogens is 1. The molecule has 1 saturated heterocycles. The molecule has 6 nitrogen and oxygen atoms in total. The number of ether oxygens (including phenoxy) is 1. The maximum Gasteiger partial charge on any atom is 0.407 e. The molecule has 0 bridgehead atoms. The number of fused-ring (bicyclic) bond motifs is 1. The van der Waals surface area contributed by atoms with Gasteiger partial charge in [-0.25, -0.2) is 4.79 Å². The summed E-state index contributed by atoms with van der Waals surface area (Å²) in [6.45, 7) is 6.59. The molecule has 136 valence electrons. The van der Waals surface area contributed by atoms with Gasteiger partial charge in [0.15, 0.2) is 0 Å². The van der Waals surface area contributed by atoms with Crippen molar-refractivity contribution < 1.29 is 14.6 Å². The molecule has 0 saturated carbocycles.